The molecule has 1 aromatic carbocycles. The summed E-state index contributed by atoms with van der Waals surface area (Å²) in [5.41, 5.74) is 6.38. The second-order valence-corrected chi connectivity index (χ2v) is 6.55. The summed E-state index contributed by atoms with van der Waals surface area (Å²) in [5, 5.41) is 0. The van der Waals surface area contributed by atoms with Crippen LogP contribution in [0.4, 0.5) is 8.78 Å². The van der Waals surface area contributed by atoms with Crippen LogP contribution in [-0.2, 0) is 19.1 Å². The Balaban J connectivity index is 2.16. The van der Waals surface area contributed by atoms with Crippen molar-refractivity contribution in [3.8, 4) is 0 Å². The van der Waals surface area contributed by atoms with Crippen molar-refractivity contribution in [3.63, 3.8) is 0 Å². The number of rotatable bonds is 3. The monoisotopic (exact) mass is 363 g/mol. The molecule has 1 heterocycles. The summed E-state index contributed by atoms with van der Waals surface area (Å²) in [6.07, 6.45) is 0.940. The molecule has 1 aromatic rings. The summed E-state index contributed by atoms with van der Waals surface area (Å²) >= 11 is 0. The maximum absolute atomic E-state index is 13.8. The smallest absolute Gasteiger partial charge is 0.340 e. The molecule has 0 aromatic heterocycles. The van der Waals surface area contributed by atoms with Crippen molar-refractivity contribution in [3.05, 3.63) is 58.2 Å². The van der Waals surface area contributed by atoms with Gasteiger partial charge in [-0.05, 0) is 38.0 Å². The lowest BCUT2D eigenvalue weighted by molar-refractivity contribution is -0.143. The molecule has 1 aliphatic heterocycles. The number of ketones is 1. The van der Waals surface area contributed by atoms with Gasteiger partial charge < -0.3 is 15.2 Å². The lowest BCUT2D eigenvalue weighted by Crippen LogP contribution is -2.32. The first-order valence-corrected chi connectivity index (χ1v) is 8.39. The number of carbonyl (C=O) groups is 2. The minimum Gasteiger partial charge on any atom is -0.459 e. The highest BCUT2D eigenvalue weighted by Gasteiger charge is 2.41. The van der Waals surface area contributed by atoms with Crippen molar-refractivity contribution in [2.24, 2.45) is 5.73 Å². The van der Waals surface area contributed by atoms with Gasteiger partial charge in [0.05, 0.1) is 12.0 Å². The molecule has 0 saturated carbocycles. The maximum Gasteiger partial charge on any atom is 0.340 e. The minimum absolute atomic E-state index is 0.0706. The van der Waals surface area contributed by atoms with E-state index in [0.717, 1.165) is 12.1 Å². The number of carbonyl (C=O) groups excluding carboxylic acids is 2. The van der Waals surface area contributed by atoms with Gasteiger partial charge in [0.2, 0.25) is 5.88 Å². The highest BCUT2D eigenvalue weighted by molar-refractivity contribution is 6.03. The normalized spacial score (nSPS) is 20.2. The predicted molar refractivity (Wildman–Crippen MR) is 88.5 cm³/mol. The van der Waals surface area contributed by atoms with Crippen molar-refractivity contribution < 1.29 is 27.8 Å². The highest BCUT2D eigenvalue weighted by atomic mass is 19.2. The van der Waals surface area contributed by atoms with E-state index in [9.17, 15) is 18.4 Å². The number of halogens is 2. The van der Waals surface area contributed by atoms with E-state index >= 15 is 0 Å². The van der Waals surface area contributed by atoms with Crippen LogP contribution in [0.15, 0.2) is 41.0 Å². The fourth-order valence-corrected chi connectivity index (χ4v) is 3.26. The number of ether oxygens (including phenoxy) is 2. The number of allylic oxidation sites excluding steroid dienone is 2. The van der Waals surface area contributed by atoms with E-state index in [4.69, 9.17) is 15.2 Å². The first-order valence-electron chi connectivity index (χ1n) is 8.39. The van der Waals surface area contributed by atoms with Crippen LogP contribution in [0.25, 0.3) is 0 Å². The second kappa shape index (κ2) is 6.90. The van der Waals surface area contributed by atoms with Crippen molar-refractivity contribution >= 4 is 11.8 Å². The lowest BCUT2D eigenvalue weighted by atomic mass is 9.77. The van der Waals surface area contributed by atoms with E-state index in [2.05, 4.69) is 0 Å². The molecule has 7 heteroatoms. The Labute approximate surface area is 149 Å². The summed E-state index contributed by atoms with van der Waals surface area (Å²) in [4.78, 5) is 25.1. The zero-order valence-corrected chi connectivity index (χ0v) is 14.5. The summed E-state index contributed by atoms with van der Waals surface area (Å²) in [6, 6.07) is 3.25. The Kier molecular flexibility index (Phi) is 4.80. The molecule has 0 unspecified atom stereocenters. The van der Waals surface area contributed by atoms with Crippen LogP contribution < -0.4 is 5.73 Å². The molecular formula is C19H19F2NO4. The third kappa shape index (κ3) is 3.21. The van der Waals surface area contributed by atoms with Crippen molar-refractivity contribution in [1.29, 1.82) is 0 Å². The third-order valence-corrected chi connectivity index (χ3v) is 4.32. The third-order valence-electron chi connectivity index (χ3n) is 4.32. The van der Waals surface area contributed by atoms with Crippen LogP contribution in [0.3, 0.4) is 0 Å². The van der Waals surface area contributed by atoms with Gasteiger partial charge in [-0.1, -0.05) is 6.07 Å². The van der Waals surface area contributed by atoms with E-state index in [1.54, 1.807) is 13.8 Å². The van der Waals surface area contributed by atoms with E-state index < -0.39 is 29.6 Å². The van der Waals surface area contributed by atoms with Crippen molar-refractivity contribution in [2.45, 2.75) is 45.1 Å². The number of hydrogen-bond donors (Lipinski definition) is 1. The zero-order chi connectivity index (χ0) is 19.0. The number of esters is 1. The Bertz CT molecular complexity index is 842. The Morgan fingerprint density at radius 1 is 1.27 bits per heavy atom. The molecule has 0 spiro atoms. The molecule has 0 saturated heterocycles. The fraction of sp³-hybridized carbons (Fsp3) is 0.368. The van der Waals surface area contributed by atoms with Gasteiger partial charge >= 0.3 is 5.97 Å². The topological polar surface area (TPSA) is 78.6 Å². The number of benzene rings is 1. The molecule has 0 fully saturated rings. The van der Waals surface area contributed by atoms with Crippen LogP contribution in [0.1, 0.15) is 44.6 Å². The van der Waals surface area contributed by atoms with Gasteiger partial charge in [-0.2, -0.15) is 0 Å². The van der Waals surface area contributed by atoms with Crippen LogP contribution in [-0.4, -0.2) is 17.9 Å². The van der Waals surface area contributed by atoms with E-state index in [-0.39, 0.29) is 34.8 Å². The second-order valence-electron chi connectivity index (χ2n) is 6.55. The highest BCUT2D eigenvalue weighted by Crippen LogP contribution is 2.44. The molecular weight excluding hydrogens is 344 g/mol. The SMILES string of the molecule is CC(C)OC(=O)C1=C(N)OC2=C(C(=O)CCC2)[C@H]1c1ccc(F)c(F)c1. The molecule has 1 aliphatic carbocycles. The summed E-state index contributed by atoms with van der Waals surface area (Å²) in [6.45, 7) is 3.34. The largest absolute Gasteiger partial charge is 0.459 e. The Hall–Kier alpha value is -2.70. The molecule has 26 heavy (non-hydrogen) atoms. The van der Waals surface area contributed by atoms with Gasteiger partial charge in [0.15, 0.2) is 17.4 Å². The standard InChI is InChI=1S/C19H19F2NO4/c1-9(2)25-19(24)17-15(10-6-7-11(20)12(21)8-10)16-13(23)4-3-5-14(16)26-18(17)22/h6-9,15H,3-5,22H2,1-2H3/t15-/m1/s1. The van der Waals surface area contributed by atoms with Crippen LogP contribution >= 0.6 is 0 Å². The molecule has 1 atom stereocenters. The van der Waals surface area contributed by atoms with Gasteiger partial charge in [0, 0.05) is 18.4 Å². The van der Waals surface area contributed by atoms with Crippen LogP contribution in [0.2, 0.25) is 0 Å². The van der Waals surface area contributed by atoms with Crippen LogP contribution in [0, 0.1) is 11.6 Å². The summed E-state index contributed by atoms with van der Waals surface area (Å²) in [5.74, 6) is -3.82. The zero-order valence-electron chi connectivity index (χ0n) is 14.5. The fourth-order valence-electron chi connectivity index (χ4n) is 3.26. The van der Waals surface area contributed by atoms with Gasteiger partial charge in [-0.3, -0.25) is 4.79 Å². The lowest BCUT2D eigenvalue weighted by Gasteiger charge is -2.32. The quantitative estimate of drug-likeness (QED) is 0.835. The number of hydrogen-bond acceptors (Lipinski definition) is 5. The molecule has 5 nitrogen and oxygen atoms in total. The molecule has 0 amide bonds. The Morgan fingerprint density at radius 2 is 2.00 bits per heavy atom. The van der Waals surface area contributed by atoms with E-state index in [0.29, 0.717) is 18.6 Å². The average molecular weight is 363 g/mol. The molecule has 2 aliphatic rings. The van der Waals surface area contributed by atoms with E-state index in [1.165, 1.54) is 6.07 Å². The summed E-state index contributed by atoms with van der Waals surface area (Å²) < 4.78 is 37.9. The molecule has 138 valence electrons. The molecule has 2 N–H and O–H groups in total. The van der Waals surface area contributed by atoms with Crippen molar-refractivity contribution in [2.75, 3.05) is 0 Å². The van der Waals surface area contributed by atoms with Gasteiger partial charge in [0.25, 0.3) is 0 Å². The average Bonchev–Trinajstić information content (AvgIpc) is 2.55. The minimum atomic E-state index is -1.07. The molecule has 3 rings (SSSR count). The summed E-state index contributed by atoms with van der Waals surface area (Å²) in [7, 11) is 0. The van der Waals surface area contributed by atoms with E-state index in [1.807, 2.05) is 0 Å². The number of Topliss-reactive ketones (excluding diaryl/α,β-unsaturated/α-hetero) is 1. The number of nitrogens with two attached hydrogens (primary N) is 1. The molecule has 0 bridgehead atoms. The molecule has 0 radical (unpaired) electrons. The van der Waals surface area contributed by atoms with Crippen molar-refractivity contribution in [1.82, 2.24) is 0 Å². The Morgan fingerprint density at radius 3 is 2.65 bits per heavy atom. The first-order chi connectivity index (χ1) is 12.3. The van der Waals surface area contributed by atoms with Crippen LogP contribution in [0.5, 0.6) is 0 Å². The first kappa shape index (κ1) is 18.1. The van der Waals surface area contributed by atoms with Gasteiger partial charge in [0.1, 0.15) is 11.3 Å². The van der Waals surface area contributed by atoms with Gasteiger partial charge in [-0.15, -0.1) is 0 Å². The maximum atomic E-state index is 13.8. The van der Waals surface area contributed by atoms with Gasteiger partial charge in [-0.25, -0.2) is 13.6 Å². The predicted octanol–water partition coefficient (Wildman–Crippen LogP) is 3.21.